The molecule has 1 aromatic carbocycles. The zero-order valence-electron chi connectivity index (χ0n) is 12.6. The lowest BCUT2D eigenvalue weighted by Gasteiger charge is -2.36. The molecule has 2 rings (SSSR count). The standard InChI is InChI=1S/C16H22F2N2O/c1-3-20-8-6-13(7-9-20)19(2)11-16(21)12-4-5-14(17)15(18)10-12/h4-5,10,13H,3,6-9,11H2,1-2H3. The third-order valence-corrected chi connectivity index (χ3v) is 4.26. The van der Waals surface area contributed by atoms with E-state index in [0.29, 0.717) is 6.04 Å². The van der Waals surface area contributed by atoms with Gasteiger partial charge >= 0.3 is 0 Å². The van der Waals surface area contributed by atoms with Gasteiger partial charge in [0.15, 0.2) is 17.4 Å². The number of Topliss-reactive ketones (excluding diaryl/α,β-unsaturated/α-hetero) is 1. The Morgan fingerprint density at radius 1 is 1.29 bits per heavy atom. The van der Waals surface area contributed by atoms with Gasteiger partial charge in [0.25, 0.3) is 0 Å². The lowest BCUT2D eigenvalue weighted by Crippen LogP contribution is -2.44. The van der Waals surface area contributed by atoms with Crippen molar-refractivity contribution in [3.8, 4) is 0 Å². The molecule has 21 heavy (non-hydrogen) atoms. The highest BCUT2D eigenvalue weighted by Crippen LogP contribution is 2.16. The first-order valence-corrected chi connectivity index (χ1v) is 7.42. The summed E-state index contributed by atoms with van der Waals surface area (Å²) in [4.78, 5) is 16.6. The normalized spacial score (nSPS) is 17.4. The maximum Gasteiger partial charge on any atom is 0.176 e. The average Bonchev–Trinajstić information content (AvgIpc) is 2.50. The fourth-order valence-corrected chi connectivity index (χ4v) is 2.79. The number of nitrogens with zero attached hydrogens (tertiary/aromatic N) is 2. The third-order valence-electron chi connectivity index (χ3n) is 4.26. The minimum atomic E-state index is -0.972. The molecule has 1 heterocycles. The van der Waals surface area contributed by atoms with E-state index in [1.807, 2.05) is 11.9 Å². The predicted molar refractivity (Wildman–Crippen MR) is 78.5 cm³/mol. The molecule has 3 nitrogen and oxygen atoms in total. The molecule has 0 aromatic heterocycles. The molecule has 0 bridgehead atoms. The van der Waals surface area contributed by atoms with Crippen LogP contribution in [0.4, 0.5) is 8.78 Å². The summed E-state index contributed by atoms with van der Waals surface area (Å²) >= 11 is 0. The quantitative estimate of drug-likeness (QED) is 0.780. The van der Waals surface area contributed by atoms with Gasteiger partial charge in [0, 0.05) is 11.6 Å². The molecule has 116 valence electrons. The number of carbonyl (C=O) groups excluding carboxylic acids is 1. The molecule has 0 saturated carbocycles. The van der Waals surface area contributed by atoms with Gasteiger partial charge in [0.2, 0.25) is 0 Å². The maximum atomic E-state index is 13.2. The van der Waals surface area contributed by atoms with Gasteiger partial charge in [-0.15, -0.1) is 0 Å². The number of rotatable bonds is 5. The molecule has 0 atom stereocenters. The molecule has 0 spiro atoms. The van der Waals surface area contributed by atoms with E-state index in [1.54, 1.807) is 0 Å². The highest BCUT2D eigenvalue weighted by Gasteiger charge is 2.23. The maximum absolute atomic E-state index is 13.2. The van der Waals surface area contributed by atoms with Crippen LogP contribution in [0.5, 0.6) is 0 Å². The summed E-state index contributed by atoms with van der Waals surface area (Å²) in [6.07, 6.45) is 2.07. The number of benzene rings is 1. The SMILES string of the molecule is CCN1CCC(N(C)CC(=O)c2ccc(F)c(F)c2)CC1. The zero-order valence-corrected chi connectivity index (χ0v) is 12.6. The van der Waals surface area contributed by atoms with Gasteiger partial charge in [-0.2, -0.15) is 0 Å². The predicted octanol–water partition coefficient (Wildman–Crippen LogP) is 2.56. The molecule has 5 heteroatoms. The van der Waals surface area contributed by atoms with E-state index in [1.165, 1.54) is 6.07 Å². The Kier molecular flexibility index (Phi) is 5.42. The van der Waals surface area contributed by atoms with Gasteiger partial charge in [-0.25, -0.2) is 8.78 Å². The van der Waals surface area contributed by atoms with Gasteiger partial charge < -0.3 is 4.90 Å². The molecule has 0 radical (unpaired) electrons. The molecule has 0 aliphatic carbocycles. The highest BCUT2D eigenvalue weighted by molar-refractivity contribution is 5.97. The minimum absolute atomic E-state index is 0.172. The number of likely N-dealkylation sites (tertiary alicyclic amines) is 1. The van der Waals surface area contributed by atoms with Crippen LogP contribution in [0, 0.1) is 11.6 Å². The molecular weight excluding hydrogens is 274 g/mol. The van der Waals surface area contributed by atoms with Crippen molar-refractivity contribution in [2.24, 2.45) is 0 Å². The molecule has 1 aliphatic rings. The van der Waals surface area contributed by atoms with Crippen molar-refractivity contribution >= 4 is 5.78 Å². The summed E-state index contributed by atoms with van der Waals surface area (Å²) in [6.45, 7) is 5.54. The van der Waals surface area contributed by atoms with Crippen molar-refractivity contribution in [1.82, 2.24) is 9.80 Å². The number of carbonyl (C=O) groups is 1. The summed E-state index contributed by atoms with van der Waals surface area (Å²) < 4.78 is 26.1. The summed E-state index contributed by atoms with van der Waals surface area (Å²) in [5.41, 5.74) is 0.228. The summed E-state index contributed by atoms with van der Waals surface area (Å²) in [6, 6.07) is 3.70. The molecule has 0 amide bonds. The van der Waals surface area contributed by atoms with Crippen LogP contribution in [-0.2, 0) is 0 Å². The smallest absolute Gasteiger partial charge is 0.176 e. The van der Waals surface area contributed by atoms with E-state index in [-0.39, 0.29) is 17.9 Å². The first-order valence-electron chi connectivity index (χ1n) is 7.42. The number of hydrogen-bond acceptors (Lipinski definition) is 3. The zero-order chi connectivity index (χ0) is 15.4. The number of ketones is 1. The van der Waals surface area contributed by atoms with E-state index >= 15 is 0 Å². The van der Waals surface area contributed by atoms with Crippen LogP contribution in [-0.4, -0.2) is 54.9 Å². The third kappa shape index (κ3) is 4.08. The second-order valence-electron chi connectivity index (χ2n) is 5.63. The van der Waals surface area contributed by atoms with Crippen molar-refractivity contribution in [1.29, 1.82) is 0 Å². The average molecular weight is 296 g/mol. The number of hydrogen-bond donors (Lipinski definition) is 0. The molecule has 1 aliphatic heterocycles. The topological polar surface area (TPSA) is 23.6 Å². The molecular formula is C16H22F2N2O. The lowest BCUT2D eigenvalue weighted by atomic mass is 10.0. The van der Waals surface area contributed by atoms with E-state index < -0.39 is 11.6 Å². The molecule has 1 saturated heterocycles. The monoisotopic (exact) mass is 296 g/mol. The fourth-order valence-electron chi connectivity index (χ4n) is 2.79. The van der Waals surface area contributed by atoms with E-state index in [9.17, 15) is 13.6 Å². The molecule has 1 aromatic rings. The highest BCUT2D eigenvalue weighted by atomic mass is 19.2. The van der Waals surface area contributed by atoms with Crippen molar-refractivity contribution in [3.63, 3.8) is 0 Å². The van der Waals surface area contributed by atoms with Gasteiger partial charge in [-0.1, -0.05) is 6.92 Å². The van der Waals surface area contributed by atoms with Gasteiger partial charge in [-0.3, -0.25) is 9.69 Å². The van der Waals surface area contributed by atoms with E-state index in [4.69, 9.17) is 0 Å². The van der Waals surface area contributed by atoms with Crippen molar-refractivity contribution < 1.29 is 13.6 Å². The summed E-state index contributed by atoms with van der Waals surface area (Å²) in [5.74, 6) is -2.07. The lowest BCUT2D eigenvalue weighted by molar-refractivity contribution is 0.0858. The first-order chi connectivity index (χ1) is 10.0. The van der Waals surface area contributed by atoms with Crippen LogP contribution in [0.25, 0.3) is 0 Å². The Balaban J connectivity index is 1.91. The Hall–Kier alpha value is -1.33. The number of halogens is 2. The van der Waals surface area contributed by atoms with Crippen molar-refractivity contribution in [2.75, 3.05) is 33.2 Å². The van der Waals surface area contributed by atoms with Crippen molar-refractivity contribution in [3.05, 3.63) is 35.4 Å². The molecule has 0 N–H and O–H groups in total. The first kappa shape index (κ1) is 16.0. The Morgan fingerprint density at radius 3 is 2.52 bits per heavy atom. The van der Waals surface area contributed by atoms with Gasteiger partial charge in [-0.05, 0) is 57.7 Å². The van der Waals surface area contributed by atoms with Crippen LogP contribution < -0.4 is 0 Å². The number of likely N-dealkylation sites (N-methyl/N-ethyl adjacent to an activating group) is 1. The van der Waals surface area contributed by atoms with E-state index in [0.717, 1.165) is 44.6 Å². The van der Waals surface area contributed by atoms with E-state index in [2.05, 4.69) is 11.8 Å². The van der Waals surface area contributed by atoms with Crippen LogP contribution in [0.1, 0.15) is 30.1 Å². The van der Waals surface area contributed by atoms with Gasteiger partial charge in [0.05, 0.1) is 6.54 Å². The largest absolute Gasteiger partial charge is 0.303 e. The Labute approximate surface area is 124 Å². The van der Waals surface area contributed by atoms with Crippen molar-refractivity contribution in [2.45, 2.75) is 25.8 Å². The Bertz CT molecular complexity index is 499. The van der Waals surface area contributed by atoms with Gasteiger partial charge in [0.1, 0.15) is 0 Å². The minimum Gasteiger partial charge on any atom is -0.303 e. The molecule has 1 fully saturated rings. The van der Waals surface area contributed by atoms with Crippen LogP contribution in [0.3, 0.4) is 0 Å². The number of piperidine rings is 1. The Morgan fingerprint density at radius 2 is 1.95 bits per heavy atom. The fraction of sp³-hybridized carbons (Fsp3) is 0.562. The second kappa shape index (κ2) is 7.09. The summed E-state index contributed by atoms with van der Waals surface area (Å²) in [7, 11) is 1.92. The van der Waals surface area contributed by atoms with Crippen LogP contribution in [0.2, 0.25) is 0 Å². The van der Waals surface area contributed by atoms with Crippen LogP contribution >= 0.6 is 0 Å². The second-order valence-corrected chi connectivity index (χ2v) is 5.63. The molecule has 0 unspecified atom stereocenters. The van der Waals surface area contributed by atoms with Crippen LogP contribution in [0.15, 0.2) is 18.2 Å². The summed E-state index contributed by atoms with van der Waals surface area (Å²) in [5, 5.41) is 0.